The number of nitrogens with two attached hydrogens (primary N) is 1. The second-order valence-corrected chi connectivity index (χ2v) is 10.9. The zero-order valence-corrected chi connectivity index (χ0v) is 21.4. The molecular formula is C27H34N6O2S. The predicted molar refractivity (Wildman–Crippen MR) is 146 cm³/mol. The second-order valence-electron chi connectivity index (χ2n) is 9.77. The van der Waals surface area contributed by atoms with Crippen LogP contribution in [0, 0.1) is 11.3 Å². The Morgan fingerprint density at radius 2 is 2.00 bits per heavy atom. The maximum atomic E-state index is 12.3. The van der Waals surface area contributed by atoms with Crippen molar-refractivity contribution in [2.45, 2.75) is 64.2 Å². The average molecular weight is 507 g/mol. The van der Waals surface area contributed by atoms with E-state index in [4.69, 9.17) is 15.9 Å². The summed E-state index contributed by atoms with van der Waals surface area (Å²) in [6, 6.07) is 3.54. The molecule has 9 heteroatoms. The van der Waals surface area contributed by atoms with Gasteiger partial charge in [-0.25, -0.2) is 9.97 Å². The summed E-state index contributed by atoms with van der Waals surface area (Å²) in [5, 5.41) is 15.2. The minimum Gasteiger partial charge on any atom is -0.489 e. The largest absolute Gasteiger partial charge is 0.489 e. The SMILES string of the molecule is N=Cc1cc(Nc2ncnc3sc4c(c23)CCCC4)c(OCCNC(=O)CC2CCCCC2)cc1N. The molecule has 1 aromatic carbocycles. The van der Waals surface area contributed by atoms with E-state index in [0.29, 0.717) is 48.2 Å². The normalized spacial score (nSPS) is 15.9. The molecule has 0 bridgehead atoms. The van der Waals surface area contributed by atoms with Gasteiger partial charge in [-0.1, -0.05) is 19.3 Å². The molecule has 0 saturated heterocycles. The lowest BCUT2D eigenvalue weighted by Crippen LogP contribution is -2.30. The van der Waals surface area contributed by atoms with Crippen LogP contribution in [-0.2, 0) is 17.6 Å². The lowest BCUT2D eigenvalue weighted by atomic mass is 9.87. The van der Waals surface area contributed by atoms with E-state index in [1.165, 1.54) is 48.8 Å². The monoisotopic (exact) mass is 506 g/mol. The number of carbonyl (C=O) groups excluding carboxylic acids is 1. The molecule has 2 heterocycles. The standard InChI is InChI=1S/C27H34N6O2S/c28-15-18-13-21(33-26-25-19-8-4-5-9-23(19)36-27(25)32-16-31-26)22(14-20(18)29)35-11-10-30-24(34)12-17-6-2-1-3-7-17/h13-17,28H,1-12,29H2,(H,30,34)(H,31,32,33). The number of hydrogen-bond acceptors (Lipinski definition) is 8. The molecule has 0 atom stereocenters. The lowest BCUT2D eigenvalue weighted by molar-refractivity contribution is -0.122. The van der Waals surface area contributed by atoms with E-state index in [0.717, 1.165) is 41.7 Å². The number of fused-ring (bicyclic) bond motifs is 3. The molecule has 1 saturated carbocycles. The molecule has 0 aliphatic heterocycles. The first kappa shape index (κ1) is 24.5. The number of amides is 1. The first-order chi connectivity index (χ1) is 17.6. The summed E-state index contributed by atoms with van der Waals surface area (Å²) in [4.78, 5) is 23.8. The Morgan fingerprint density at radius 3 is 2.83 bits per heavy atom. The fourth-order valence-corrected chi connectivity index (χ4v) is 6.57. The highest BCUT2D eigenvalue weighted by Gasteiger charge is 2.21. The van der Waals surface area contributed by atoms with Gasteiger partial charge in [0.15, 0.2) is 0 Å². The number of benzene rings is 1. The Morgan fingerprint density at radius 1 is 1.17 bits per heavy atom. The van der Waals surface area contributed by atoms with Crippen LogP contribution in [0.25, 0.3) is 10.2 Å². The summed E-state index contributed by atoms with van der Waals surface area (Å²) >= 11 is 1.75. The van der Waals surface area contributed by atoms with Crippen molar-refractivity contribution >= 4 is 50.9 Å². The Labute approximate surface area is 215 Å². The Balaban J connectivity index is 1.30. The van der Waals surface area contributed by atoms with Crippen molar-refractivity contribution in [2.24, 2.45) is 5.92 Å². The predicted octanol–water partition coefficient (Wildman–Crippen LogP) is 5.36. The Hall–Kier alpha value is -3.20. The van der Waals surface area contributed by atoms with Crippen LogP contribution in [0.1, 0.15) is 67.4 Å². The number of anilines is 3. The molecular weight excluding hydrogens is 472 g/mol. The van der Waals surface area contributed by atoms with Crippen LogP contribution in [0.2, 0.25) is 0 Å². The van der Waals surface area contributed by atoms with E-state index >= 15 is 0 Å². The van der Waals surface area contributed by atoms with Crippen molar-refractivity contribution < 1.29 is 9.53 Å². The highest BCUT2D eigenvalue weighted by atomic mass is 32.1. The minimum atomic E-state index is 0.0909. The number of hydrogen-bond donors (Lipinski definition) is 4. The minimum absolute atomic E-state index is 0.0909. The van der Waals surface area contributed by atoms with Gasteiger partial charge in [0, 0.05) is 34.8 Å². The van der Waals surface area contributed by atoms with Crippen LogP contribution in [0.5, 0.6) is 5.75 Å². The van der Waals surface area contributed by atoms with E-state index in [2.05, 4.69) is 20.6 Å². The van der Waals surface area contributed by atoms with Crippen LogP contribution in [0.3, 0.4) is 0 Å². The van der Waals surface area contributed by atoms with Crippen molar-refractivity contribution in [3.63, 3.8) is 0 Å². The van der Waals surface area contributed by atoms with E-state index in [-0.39, 0.29) is 5.91 Å². The molecule has 2 aromatic heterocycles. The molecule has 5 N–H and O–H groups in total. The second kappa shape index (κ2) is 11.2. The van der Waals surface area contributed by atoms with Crippen LogP contribution in [-0.4, -0.2) is 35.2 Å². The number of nitrogen functional groups attached to an aromatic ring is 1. The highest BCUT2D eigenvalue weighted by Crippen LogP contribution is 2.40. The van der Waals surface area contributed by atoms with Crippen molar-refractivity contribution in [3.05, 3.63) is 34.5 Å². The number of nitrogens with zero attached hydrogens (tertiary/aromatic N) is 2. The first-order valence-corrected chi connectivity index (χ1v) is 13.8. The van der Waals surface area contributed by atoms with Gasteiger partial charge in [-0.15, -0.1) is 11.3 Å². The third kappa shape index (κ3) is 5.46. The molecule has 36 heavy (non-hydrogen) atoms. The van der Waals surface area contributed by atoms with Gasteiger partial charge in [0.05, 0.1) is 17.6 Å². The Bertz CT molecular complexity index is 1250. The van der Waals surface area contributed by atoms with E-state index < -0.39 is 0 Å². The number of rotatable bonds is 9. The number of carbonyl (C=O) groups is 1. The average Bonchev–Trinajstić information content (AvgIpc) is 3.28. The maximum Gasteiger partial charge on any atom is 0.220 e. The zero-order chi connectivity index (χ0) is 24.9. The Kier molecular flexibility index (Phi) is 7.65. The molecule has 1 fully saturated rings. The van der Waals surface area contributed by atoms with Crippen LogP contribution in [0.4, 0.5) is 17.2 Å². The van der Waals surface area contributed by atoms with Gasteiger partial charge in [0.25, 0.3) is 0 Å². The van der Waals surface area contributed by atoms with Gasteiger partial charge in [0.2, 0.25) is 5.91 Å². The molecule has 0 radical (unpaired) electrons. The van der Waals surface area contributed by atoms with Crippen LogP contribution >= 0.6 is 11.3 Å². The van der Waals surface area contributed by atoms with E-state index in [1.54, 1.807) is 23.7 Å². The molecule has 2 aliphatic carbocycles. The summed E-state index contributed by atoms with van der Waals surface area (Å²) in [5.41, 5.74) is 9.26. The van der Waals surface area contributed by atoms with Gasteiger partial charge >= 0.3 is 0 Å². The quantitative estimate of drug-likeness (QED) is 0.176. The first-order valence-electron chi connectivity index (χ1n) is 13.0. The van der Waals surface area contributed by atoms with E-state index in [1.807, 2.05) is 6.07 Å². The summed E-state index contributed by atoms with van der Waals surface area (Å²) in [7, 11) is 0. The van der Waals surface area contributed by atoms with E-state index in [9.17, 15) is 4.79 Å². The molecule has 1 amide bonds. The summed E-state index contributed by atoms with van der Waals surface area (Å²) in [6.45, 7) is 0.745. The van der Waals surface area contributed by atoms with Gasteiger partial charge in [-0.2, -0.15) is 0 Å². The molecule has 5 rings (SSSR count). The van der Waals surface area contributed by atoms with Crippen molar-refractivity contribution in [2.75, 3.05) is 24.2 Å². The molecule has 0 spiro atoms. The maximum absolute atomic E-state index is 12.3. The molecule has 3 aromatic rings. The fraction of sp³-hybridized carbons (Fsp3) is 0.481. The van der Waals surface area contributed by atoms with Crippen molar-refractivity contribution in [1.82, 2.24) is 15.3 Å². The zero-order valence-electron chi connectivity index (χ0n) is 20.6. The van der Waals surface area contributed by atoms with Crippen LogP contribution in [0.15, 0.2) is 18.5 Å². The number of nitrogens with one attached hydrogen (secondary N) is 3. The molecule has 8 nitrogen and oxygen atoms in total. The third-order valence-corrected chi connectivity index (χ3v) is 8.43. The van der Waals surface area contributed by atoms with Crippen molar-refractivity contribution in [3.8, 4) is 5.75 Å². The number of aryl methyl sites for hydroxylation is 2. The van der Waals surface area contributed by atoms with Crippen molar-refractivity contribution in [1.29, 1.82) is 5.41 Å². The fourth-order valence-electron chi connectivity index (χ4n) is 5.34. The van der Waals surface area contributed by atoms with Crippen LogP contribution < -0.4 is 21.1 Å². The summed E-state index contributed by atoms with van der Waals surface area (Å²) < 4.78 is 6.06. The van der Waals surface area contributed by atoms with Gasteiger partial charge < -0.3 is 26.5 Å². The van der Waals surface area contributed by atoms with Gasteiger partial charge in [-0.05, 0) is 56.1 Å². The lowest BCUT2D eigenvalue weighted by Gasteiger charge is -2.21. The summed E-state index contributed by atoms with van der Waals surface area (Å²) in [6.07, 6.45) is 14.0. The molecule has 2 aliphatic rings. The third-order valence-electron chi connectivity index (χ3n) is 7.23. The van der Waals surface area contributed by atoms with Gasteiger partial charge in [0.1, 0.15) is 29.3 Å². The number of thiophene rings is 1. The van der Waals surface area contributed by atoms with Gasteiger partial charge in [-0.3, -0.25) is 4.79 Å². The summed E-state index contributed by atoms with van der Waals surface area (Å²) in [5.74, 6) is 1.91. The number of ether oxygens (including phenoxy) is 1. The topological polar surface area (TPSA) is 126 Å². The smallest absolute Gasteiger partial charge is 0.220 e. The highest BCUT2D eigenvalue weighted by molar-refractivity contribution is 7.19. The molecule has 190 valence electrons. The molecule has 0 unspecified atom stereocenters. The number of aromatic nitrogens is 2.